The topological polar surface area (TPSA) is 62.8 Å². The summed E-state index contributed by atoms with van der Waals surface area (Å²) in [5, 5.41) is 5.20. The van der Waals surface area contributed by atoms with E-state index in [1.165, 1.54) is 5.56 Å². The van der Waals surface area contributed by atoms with Crippen LogP contribution in [0.4, 0.5) is 0 Å². The normalized spacial score (nSPS) is 23.8. The molecular formula is C22H25N3O3. The minimum Gasteiger partial charge on any atom is -0.497 e. The molecule has 28 heavy (non-hydrogen) atoms. The molecule has 0 spiro atoms. The number of benzene rings is 2. The minimum absolute atomic E-state index is 0.0510. The molecule has 6 nitrogen and oxygen atoms in total. The molecule has 2 aliphatic rings. The van der Waals surface area contributed by atoms with Crippen LogP contribution in [0, 0.1) is 0 Å². The van der Waals surface area contributed by atoms with Crippen molar-refractivity contribution in [3.05, 3.63) is 77.5 Å². The van der Waals surface area contributed by atoms with Crippen LogP contribution in [0.5, 0.6) is 5.75 Å². The van der Waals surface area contributed by atoms with Crippen LogP contribution in [0.1, 0.15) is 17.0 Å². The zero-order valence-corrected chi connectivity index (χ0v) is 16.1. The number of carbonyl (C=O) groups is 1. The third kappa shape index (κ3) is 3.61. The lowest BCUT2D eigenvalue weighted by molar-refractivity contribution is -0.131. The summed E-state index contributed by atoms with van der Waals surface area (Å²) in [6.45, 7) is 0.384. The molecule has 3 atom stereocenters. The molecule has 146 valence electrons. The largest absolute Gasteiger partial charge is 0.497 e. The molecule has 3 unspecified atom stereocenters. The van der Waals surface area contributed by atoms with Crippen molar-refractivity contribution >= 4 is 5.91 Å². The number of rotatable bonds is 6. The zero-order valence-electron chi connectivity index (χ0n) is 16.1. The van der Waals surface area contributed by atoms with E-state index in [2.05, 4.69) is 35.0 Å². The van der Waals surface area contributed by atoms with Crippen LogP contribution in [0.25, 0.3) is 0 Å². The first kappa shape index (κ1) is 18.5. The standard InChI is InChI=1S/C22H25N3O3/c1-27-14-17-13-20(26)25-22(23-17)21(16-8-10-18(28-2)11-9-16)19(24-25)12-15-6-4-3-5-7-15/h3-11,13,19,21-24H,12,14H2,1-2H3. The SMILES string of the molecule is COCC1=CC(=O)N2NC(Cc3ccccc3)C(c3ccc(OC)cc3)C2N1. The van der Waals surface area contributed by atoms with Crippen LogP contribution in [0.15, 0.2) is 66.4 Å². The predicted molar refractivity (Wildman–Crippen MR) is 107 cm³/mol. The maximum Gasteiger partial charge on any atom is 0.264 e. The predicted octanol–water partition coefficient (Wildman–Crippen LogP) is 2.20. The van der Waals surface area contributed by atoms with Crippen LogP contribution in [0.2, 0.25) is 0 Å². The van der Waals surface area contributed by atoms with E-state index >= 15 is 0 Å². The van der Waals surface area contributed by atoms with E-state index in [4.69, 9.17) is 9.47 Å². The summed E-state index contributed by atoms with van der Waals surface area (Å²) in [6, 6.07) is 18.5. The molecule has 0 aliphatic carbocycles. The van der Waals surface area contributed by atoms with Crippen LogP contribution >= 0.6 is 0 Å². The van der Waals surface area contributed by atoms with Gasteiger partial charge in [-0.15, -0.1) is 0 Å². The molecule has 1 amide bonds. The Kier molecular flexibility index (Phi) is 5.32. The first-order chi connectivity index (χ1) is 13.7. The monoisotopic (exact) mass is 379 g/mol. The maximum atomic E-state index is 12.7. The summed E-state index contributed by atoms with van der Waals surface area (Å²) in [5.74, 6) is 0.847. The highest BCUT2D eigenvalue weighted by Crippen LogP contribution is 2.35. The molecular weight excluding hydrogens is 354 g/mol. The Bertz CT molecular complexity index is 851. The first-order valence-electron chi connectivity index (χ1n) is 9.43. The molecule has 0 aromatic heterocycles. The van der Waals surface area contributed by atoms with Crippen molar-refractivity contribution in [3.8, 4) is 5.75 Å². The van der Waals surface area contributed by atoms with Gasteiger partial charge in [-0.25, -0.2) is 5.43 Å². The second-order valence-electron chi connectivity index (χ2n) is 7.12. The molecule has 0 saturated carbocycles. The van der Waals surface area contributed by atoms with Crippen molar-refractivity contribution in [1.29, 1.82) is 0 Å². The minimum atomic E-state index is -0.176. The Morgan fingerprint density at radius 1 is 1.04 bits per heavy atom. The Hall–Kier alpha value is -2.83. The average molecular weight is 379 g/mol. The molecule has 4 rings (SSSR count). The van der Waals surface area contributed by atoms with E-state index < -0.39 is 0 Å². The third-order valence-corrected chi connectivity index (χ3v) is 5.32. The van der Waals surface area contributed by atoms with Gasteiger partial charge < -0.3 is 14.8 Å². The molecule has 2 N–H and O–H groups in total. The highest BCUT2D eigenvalue weighted by molar-refractivity contribution is 5.89. The Balaban J connectivity index is 1.67. The summed E-state index contributed by atoms with van der Waals surface area (Å²) in [5.41, 5.74) is 6.62. The number of fused-ring (bicyclic) bond motifs is 1. The summed E-state index contributed by atoms with van der Waals surface area (Å²) >= 11 is 0. The fourth-order valence-corrected chi connectivity index (χ4v) is 4.05. The van der Waals surface area contributed by atoms with Gasteiger partial charge in [0.05, 0.1) is 13.7 Å². The second-order valence-corrected chi connectivity index (χ2v) is 7.12. The first-order valence-corrected chi connectivity index (χ1v) is 9.43. The van der Waals surface area contributed by atoms with Gasteiger partial charge in [0.25, 0.3) is 5.91 Å². The Morgan fingerprint density at radius 3 is 2.46 bits per heavy atom. The summed E-state index contributed by atoms with van der Waals surface area (Å²) in [6.07, 6.45) is 2.24. The lowest BCUT2D eigenvalue weighted by atomic mass is 9.86. The molecule has 1 saturated heterocycles. The number of hydrazine groups is 1. The van der Waals surface area contributed by atoms with Gasteiger partial charge in [0, 0.05) is 30.8 Å². The number of hydrogen-bond donors (Lipinski definition) is 2. The highest BCUT2D eigenvalue weighted by Gasteiger charge is 2.46. The number of amides is 1. The van der Waals surface area contributed by atoms with Crippen LogP contribution < -0.4 is 15.5 Å². The van der Waals surface area contributed by atoms with Gasteiger partial charge in [-0.05, 0) is 29.7 Å². The van der Waals surface area contributed by atoms with E-state index in [-0.39, 0.29) is 24.0 Å². The molecule has 2 heterocycles. The number of methoxy groups -OCH3 is 2. The van der Waals surface area contributed by atoms with Crippen molar-refractivity contribution in [2.45, 2.75) is 24.5 Å². The molecule has 2 aliphatic heterocycles. The number of carbonyl (C=O) groups excluding carboxylic acids is 1. The number of nitrogens with zero attached hydrogens (tertiary/aromatic N) is 1. The van der Waals surface area contributed by atoms with E-state index in [0.717, 1.165) is 23.4 Å². The Labute approximate surface area is 165 Å². The molecule has 2 aromatic carbocycles. The number of ether oxygens (including phenoxy) is 2. The van der Waals surface area contributed by atoms with Gasteiger partial charge in [-0.1, -0.05) is 42.5 Å². The van der Waals surface area contributed by atoms with Gasteiger partial charge in [-0.3, -0.25) is 9.80 Å². The van der Waals surface area contributed by atoms with Gasteiger partial charge >= 0.3 is 0 Å². The van der Waals surface area contributed by atoms with Gasteiger partial charge in [0.2, 0.25) is 0 Å². The fourth-order valence-electron chi connectivity index (χ4n) is 4.05. The molecule has 1 fully saturated rings. The van der Waals surface area contributed by atoms with E-state index in [1.807, 2.05) is 30.3 Å². The summed E-state index contributed by atoms with van der Waals surface area (Å²) in [4.78, 5) is 12.7. The van der Waals surface area contributed by atoms with Crippen molar-refractivity contribution in [2.75, 3.05) is 20.8 Å². The molecule has 0 radical (unpaired) electrons. The smallest absolute Gasteiger partial charge is 0.264 e. The Morgan fingerprint density at radius 2 is 1.79 bits per heavy atom. The quantitative estimate of drug-likeness (QED) is 0.806. The lowest BCUT2D eigenvalue weighted by Gasteiger charge is -2.33. The average Bonchev–Trinajstić information content (AvgIpc) is 3.07. The van der Waals surface area contributed by atoms with E-state index in [9.17, 15) is 4.79 Å². The molecule has 2 aromatic rings. The third-order valence-electron chi connectivity index (χ3n) is 5.32. The van der Waals surface area contributed by atoms with Crippen LogP contribution in [0.3, 0.4) is 0 Å². The molecule has 0 bridgehead atoms. The van der Waals surface area contributed by atoms with Crippen LogP contribution in [-0.2, 0) is 16.0 Å². The van der Waals surface area contributed by atoms with Crippen molar-refractivity contribution in [3.63, 3.8) is 0 Å². The fraction of sp³-hybridized carbons (Fsp3) is 0.318. The van der Waals surface area contributed by atoms with Crippen molar-refractivity contribution in [1.82, 2.24) is 15.8 Å². The van der Waals surface area contributed by atoms with E-state index in [1.54, 1.807) is 25.3 Å². The zero-order chi connectivity index (χ0) is 19.5. The molecule has 6 heteroatoms. The maximum absolute atomic E-state index is 12.7. The van der Waals surface area contributed by atoms with Crippen LogP contribution in [-0.4, -0.2) is 44.0 Å². The van der Waals surface area contributed by atoms with Crippen molar-refractivity contribution < 1.29 is 14.3 Å². The second kappa shape index (κ2) is 8.04. The summed E-state index contributed by atoms with van der Waals surface area (Å²) in [7, 11) is 3.29. The summed E-state index contributed by atoms with van der Waals surface area (Å²) < 4.78 is 10.5. The number of nitrogens with one attached hydrogen (secondary N) is 2. The number of hydrogen-bond acceptors (Lipinski definition) is 5. The van der Waals surface area contributed by atoms with Crippen molar-refractivity contribution in [2.24, 2.45) is 0 Å². The van der Waals surface area contributed by atoms with E-state index in [0.29, 0.717) is 6.61 Å². The van der Waals surface area contributed by atoms with Gasteiger partial charge in [0.15, 0.2) is 0 Å². The van der Waals surface area contributed by atoms with Gasteiger partial charge in [0.1, 0.15) is 11.9 Å². The highest BCUT2D eigenvalue weighted by atomic mass is 16.5. The lowest BCUT2D eigenvalue weighted by Crippen LogP contribution is -2.53. The van der Waals surface area contributed by atoms with Gasteiger partial charge in [-0.2, -0.15) is 0 Å².